The first-order chi connectivity index (χ1) is 7.38. The minimum absolute atomic E-state index is 0.0251. The molecule has 0 aliphatic carbocycles. The fourth-order valence-electron chi connectivity index (χ4n) is 1.60. The second kappa shape index (κ2) is 3.51. The molecule has 0 aromatic carbocycles. The highest BCUT2D eigenvalue weighted by molar-refractivity contribution is 5.76. The van der Waals surface area contributed by atoms with Gasteiger partial charge in [-0.2, -0.15) is 0 Å². The number of aromatic nitrogens is 3. The molecule has 0 bridgehead atoms. The monoisotopic (exact) mass is 215 g/mol. The molecular weight excluding hydrogens is 198 g/mol. The summed E-state index contributed by atoms with van der Waals surface area (Å²) in [5.41, 5.74) is 3.90. The van der Waals surface area contributed by atoms with Gasteiger partial charge in [0.15, 0.2) is 0 Å². The second-order valence-corrected chi connectivity index (χ2v) is 5.26. The summed E-state index contributed by atoms with van der Waals surface area (Å²) in [5, 5.41) is 0. The van der Waals surface area contributed by atoms with Crippen LogP contribution in [0.3, 0.4) is 0 Å². The van der Waals surface area contributed by atoms with Crippen LogP contribution in [0.1, 0.15) is 37.9 Å². The lowest BCUT2D eigenvalue weighted by molar-refractivity contribution is 0.546. The van der Waals surface area contributed by atoms with Crippen LogP contribution in [0.2, 0.25) is 0 Å². The van der Waals surface area contributed by atoms with Crippen molar-refractivity contribution in [3.63, 3.8) is 0 Å². The quantitative estimate of drug-likeness (QED) is 0.678. The van der Waals surface area contributed by atoms with Crippen LogP contribution in [-0.2, 0) is 5.41 Å². The number of aryl methyl sites for hydroxylation is 2. The Kier molecular flexibility index (Phi) is 2.41. The van der Waals surface area contributed by atoms with E-state index in [1.54, 1.807) is 0 Å². The van der Waals surface area contributed by atoms with Crippen LogP contribution < -0.4 is 0 Å². The minimum Gasteiger partial charge on any atom is -0.252 e. The van der Waals surface area contributed by atoms with Gasteiger partial charge in [-0.05, 0) is 25.5 Å². The van der Waals surface area contributed by atoms with Gasteiger partial charge in [-0.15, -0.1) is 0 Å². The highest BCUT2D eigenvalue weighted by Gasteiger charge is 2.18. The third-order valence-corrected chi connectivity index (χ3v) is 2.52. The Morgan fingerprint density at radius 1 is 1.06 bits per heavy atom. The summed E-state index contributed by atoms with van der Waals surface area (Å²) < 4.78 is 0. The van der Waals surface area contributed by atoms with Gasteiger partial charge in [0.25, 0.3) is 0 Å². The molecule has 3 nitrogen and oxygen atoms in total. The summed E-state index contributed by atoms with van der Waals surface area (Å²) in [6.45, 7) is 10.4. The van der Waals surface area contributed by atoms with Crippen molar-refractivity contribution in [2.75, 3.05) is 0 Å². The lowest BCUT2D eigenvalue weighted by Crippen LogP contribution is -2.17. The van der Waals surface area contributed by atoms with E-state index < -0.39 is 0 Å². The summed E-state index contributed by atoms with van der Waals surface area (Å²) >= 11 is 0. The molecule has 2 aromatic rings. The molecule has 0 spiro atoms. The van der Waals surface area contributed by atoms with E-state index in [4.69, 9.17) is 0 Å². The van der Waals surface area contributed by atoms with Crippen LogP contribution in [0, 0.1) is 13.8 Å². The van der Waals surface area contributed by atoms with Crippen molar-refractivity contribution in [2.45, 2.75) is 40.0 Å². The van der Waals surface area contributed by atoms with Crippen LogP contribution in [0.5, 0.6) is 0 Å². The van der Waals surface area contributed by atoms with E-state index in [2.05, 4.69) is 41.8 Å². The minimum atomic E-state index is -0.0251. The molecule has 0 saturated heterocycles. The smallest absolute Gasteiger partial charge is 0.134 e. The molecular formula is C13H17N3. The molecule has 2 heterocycles. The molecule has 3 heteroatoms. The molecule has 0 aliphatic heterocycles. The number of fused-ring (bicyclic) bond motifs is 1. The van der Waals surface area contributed by atoms with Crippen molar-refractivity contribution in [2.24, 2.45) is 0 Å². The van der Waals surface area contributed by atoms with Crippen LogP contribution in [0.4, 0.5) is 0 Å². The van der Waals surface area contributed by atoms with E-state index in [0.29, 0.717) is 0 Å². The van der Waals surface area contributed by atoms with Crippen molar-refractivity contribution >= 4 is 11.0 Å². The molecule has 16 heavy (non-hydrogen) atoms. The van der Waals surface area contributed by atoms with Gasteiger partial charge in [0, 0.05) is 11.6 Å². The fraction of sp³-hybridized carbons (Fsp3) is 0.462. The van der Waals surface area contributed by atoms with E-state index in [-0.39, 0.29) is 5.41 Å². The normalized spacial score (nSPS) is 12.1. The van der Waals surface area contributed by atoms with E-state index in [1.807, 2.05) is 20.0 Å². The van der Waals surface area contributed by atoms with Gasteiger partial charge < -0.3 is 0 Å². The van der Waals surface area contributed by atoms with Crippen molar-refractivity contribution in [1.29, 1.82) is 0 Å². The molecule has 0 radical (unpaired) electrons. The lowest BCUT2D eigenvalue weighted by atomic mass is 9.95. The molecule has 0 N–H and O–H groups in total. The first kappa shape index (κ1) is 11.0. The molecule has 84 valence electrons. The third-order valence-electron chi connectivity index (χ3n) is 2.52. The van der Waals surface area contributed by atoms with Gasteiger partial charge >= 0.3 is 0 Å². The highest BCUT2D eigenvalue weighted by atomic mass is 14.9. The van der Waals surface area contributed by atoms with Gasteiger partial charge in [0.2, 0.25) is 0 Å². The molecule has 0 unspecified atom stereocenters. The zero-order valence-corrected chi connectivity index (χ0v) is 10.5. The zero-order valence-electron chi connectivity index (χ0n) is 10.5. The Balaban J connectivity index is 2.75. The molecule has 0 aliphatic rings. The van der Waals surface area contributed by atoms with Crippen molar-refractivity contribution in [3.05, 3.63) is 29.3 Å². The van der Waals surface area contributed by atoms with Gasteiger partial charge in [-0.3, -0.25) is 4.98 Å². The Hall–Kier alpha value is -1.51. The van der Waals surface area contributed by atoms with Gasteiger partial charge in [-0.25, -0.2) is 9.97 Å². The number of hydrogen-bond donors (Lipinski definition) is 0. The summed E-state index contributed by atoms with van der Waals surface area (Å²) in [7, 11) is 0. The first-order valence-electron chi connectivity index (χ1n) is 5.49. The number of nitrogens with zero attached hydrogens (tertiary/aromatic N) is 3. The summed E-state index contributed by atoms with van der Waals surface area (Å²) in [5.74, 6) is 0.880. The first-order valence-corrected chi connectivity index (χ1v) is 5.49. The third kappa shape index (κ3) is 1.90. The molecule has 0 amide bonds. The van der Waals surface area contributed by atoms with Gasteiger partial charge in [0.05, 0.1) is 11.2 Å². The van der Waals surface area contributed by atoms with Crippen molar-refractivity contribution in [1.82, 2.24) is 15.0 Å². The maximum atomic E-state index is 4.59. The summed E-state index contributed by atoms with van der Waals surface area (Å²) in [6.07, 6.45) is 1.86. The molecule has 0 saturated carbocycles. The second-order valence-electron chi connectivity index (χ2n) is 5.26. The van der Waals surface area contributed by atoms with Gasteiger partial charge in [0.1, 0.15) is 11.3 Å². The summed E-state index contributed by atoms with van der Waals surface area (Å²) in [4.78, 5) is 13.5. The molecule has 2 rings (SSSR count). The largest absolute Gasteiger partial charge is 0.252 e. The van der Waals surface area contributed by atoms with E-state index >= 15 is 0 Å². The average Bonchev–Trinajstić information content (AvgIpc) is 2.15. The van der Waals surface area contributed by atoms with E-state index in [1.165, 1.54) is 0 Å². The SMILES string of the molecule is Cc1cnc2c(C)nc(C(C)(C)C)nc2c1. The Bertz CT molecular complexity index is 539. The predicted octanol–water partition coefficient (Wildman–Crippen LogP) is 2.94. The highest BCUT2D eigenvalue weighted by Crippen LogP contribution is 2.22. The molecule has 0 atom stereocenters. The maximum Gasteiger partial charge on any atom is 0.134 e. The van der Waals surface area contributed by atoms with Gasteiger partial charge in [-0.1, -0.05) is 20.8 Å². The van der Waals surface area contributed by atoms with E-state index in [0.717, 1.165) is 28.1 Å². The van der Waals surface area contributed by atoms with E-state index in [9.17, 15) is 0 Å². The number of rotatable bonds is 0. The predicted molar refractivity (Wildman–Crippen MR) is 65.5 cm³/mol. The van der Waals surface area contributed by atoms with Crippen molar-refractivity contribution in [3.8, 4) is 0 Å². The molecule has 0 fully saturated rings. The standard InChI is InChI=1S/C13H17N3/c1-8-6-10-11(14-7-8)9(2)15-12(16-10)13(3,4)5/h6-7H,1-5H3. The topological polar surface area (TPSA) is 38.7 Å². The van der Waals surface area contributed by atoms with Crippen molar-refractivity contribution < 1.29 is 0 Å². The lowest BCUT2D eigenvalue weighted by Gasteiger charge is -2.17. The maximum absolute atomic E-state index is 4.59. The Labute approximate surface area is 96.0 Å². The number of pyridine rings is 1. The average molecular weight is 215 g/mol. The van der Waals surface area contributed by atoms with Crippen LogP contribution in [0.15, 0.2) is 12.3 Å². The van der Waals surface area contributed by atoms with Crippen LogP contribution in [-0.4, -0.2) is 15.0 Å². The summed E-state index contributed by atoms with van der Waals surface area (Å²) in [6, 6.07) is 2.06. The number of hydrogen-bond acceptors (Lipinski definition) is 3. The fourth-order valence-corrected chi connectivity index (χ4v) is 1.60. The Morgan fingerprint density at radius 3 is 2.38 bits per heavy atom. The zero-order chi connectivity index (χ0) is 11.9. The Morgan fingerprint density at radius 2 is 1.75 bits per heavy atom. The van der Waals surface area contributed by atoms with Crippen LogP contribution >= 0.6 is 0 Å². The van der Waals surface area contributed by atoms with Crippen LogP contribution in [0.25, 0.3) is 11.0 Å². The molecule has 2 aromatic heterocycles.